The highest BCUT2D eigenvalue weighted by molar-refractivity contribution is 5.70. The molecule has 0 amide bonds. The molecule has 0 rings (SSSR count). The molecule has 0 unspecified atom stereocenters. The van der Waals surface area contributed by atoms with Crippen molar-refractivity contribution in [3.8, 4) is 0 Å². The zero-order valence-electron chi connectivity index (χ0n) is 6.20. The first-order valence-corrected chi connectivity index (χ1v) is 3.32. The van der Waals surface area contributed by atoms with Crippen molar-refractivity contribution in [1.29, 1.82) is 0 Å². The number of rotatable bonds is 4. The van der Waals surface area contributed by atoms with E-state index < -0.39 is 0 Å². The summed E-state index contributed by atoms with van der Waals surface area (Å²) in [4.78, 5) is 4.05. The third kappa shape index (κ3) is 5.31. The predicted molar refractivity (Wildman–Crippen MR) is 43.0 cm³/mol. The van der Waals surface area contributed by atoms with E-state index in [0.717, 1.165) is 0 Å². The number of hydrogen-bond acceptors (Lipinski definition) is 3. The van der Waals surface area contributed by atoms with Crippen molar-refractivity contribution in [2.45, 2.75) is 19.4 Å². The first kappa shape index (κ1) is 9.17. The number of allylic oxidation sites excluding steroid dienone is 1. The fourth-order valence-electron chi connectivity index (χ4n) is 0.508. The third-order valence-corrected chi connectivity index (χ3v) is 1.08. The van der Waals surface area contributed by atoms with Gasteiger partial charge in [0, 0.05) is 18.9 Å². The Balaban J connectivity index is 3.44. The summed E-state index contributed by atoms with van der Waals surface area (Å²) in [5.74, 6) is 0. The minimum Gasteiger partial charge on any atom is -0.405 e. The molecular weight excluding hydrogens is 128 g/mol. The maximum absolute atomic E-state index is 8.48. The summed E-state index contributed by atoms with van der Waals surface area (Å²) >= 11 is 0. The number of nitrogens with zero attached hydrogens (tertiary/aromatic N) is 1. The third-order valence-electron chi connectivity index (χ3n) is 1.08. The van der Waals surface area contributed by atoms with Gasteiger partial charge in [-0.05, 0) is 25.6 Å². The molecule has 0 aliphatic carbocycles. The van der Waals surface area contributed by atoms with Crippen molar-refractivity contribution in [2.24, 2.45) is 10.7 Å². The molecule has 0 spiro atoms. The molecule has 3 nitrogen and oxygen atoms in total. The smallest absolute Gasteiger partial charge is 0.0493 e. The molecule has 0 bridgehead atoms. The van der Waals surface area contributed by atoms with Gasteiger partial charge in [-0.1, -0.05) is 0 Å². The minimum atomic E-state index is 0.182. The van der Waals surface area contributed by atoms with Gasteiger partial charge in [-0.3, -0.25) is 4.99 Å². The second kappa shape index (κ2) is 6.29. The standard InChI is InChI=1S/C7H14N2O/c1-7(3-6-10)9-5-2-4-8/h2,4-5,7,10H,3,6,8H2,1H3/t7-/m1/s1. The van der Waals surface area contributed by atoms with E-state index in [1.807, 2.05) is 6.92 Å². The number of hydrogen-bond donors (Lipinski definition) is 2. The SMILES string of the molecule is C[C@H](CCO)N=CC=CN. The Hall–Kier alpha value is -0.830. The maximum atomic E-state index is 8.48. The van der Waals surface area contributed by atoms with E-state index in [1.165, 1.54) is 6.20 Å². The van der Waals surface area contributed by atoms with Gasteiger partial charge < -0.3 is 10.8 Å². The van der Waals surface area contributed by atoms with Crippen molar-refractivity contribution in [3.63, 3.8) is 0 Å². The molecule has 0 saturated heterocycles. The molecule has 3 N–H and O–H groups in total. The highest BCUT2D eigenvalue weighted by Crippen LogP contribution is 1.92. The van der Waals surface area contributed by atoms with Crippen LogP contribution in [-0.2, 0) is 0 Å². The van der Waals surface area contributed by atoms with E-state index in [2.05, 4.69) is 4.99 Å². The van der Waals surface area contributed by atoms with Gasteiger partial charge in [0.25, 0.3) is 0 Å². The highest BCUT2D eigenvalue weighted by Gasteiger charge is 1.92. The van der Waals surface area contributed by atoms with Crippen molar-refractivity contribution in [3.05, 3.63) is 12.3 Å². The monoisotopic (exact) mass is 142 g/mol. The lowest BCUT2D eigenvalue weighted by Crippen LogP contribution is -2.00. The fraction of sp³-hybridized carbons (Fsp3) is 0.571. The molecule has 0 aromatic heterocycles. The Morgan fingerprint density at radius 2 is 2.40 bits per heavy atom. The summed E-state index contributed by atoms with van der Waals surface area (Å²) in [7, 11) is 0. The lowest BCUT2D eigenvalue weighted by molar-refractivity contribution is 0.279. The Labute approximate surface area is 61.3 Å². The van der Waals surface area contributed by atoms with Crippen LogP contribution in [-0.4, -0.2) is 24.0 Å². The second-order valence-corrected chi connectivity index (χ2v) is 2.04. The molecular formula is C7H14N2O. The summed E-state index contributed by atoms with van der Waals surface area (Å²) in [6, 6.07) is 0.182. The van der Waals surface area contributed by atoms with E-state index in [4.69, 9.17) is 10.8 Å². The van der Waals surface area contributed by atoms with Crippen molar-refractivity contribution >= 4 is 6.21 Å². The van der Waals surface area contributed by atoms with Crippen LogP contribution in [0.2, 0.25) is 0 Å². The lowest BCUT2D eigenvalue weighted by Gasteiger charge is -1.99. The Morgan fingerprint density at radius 1 is 1.70 bits per heavy atom. The predicted octanol–water partition coefficient (Wildman–Crippen LogP) is 0.301. The van der Waals surface area contributed by atoms with Crippen LogP contribution in [0, 0.1) is 0 Å². The van der Waals surface area contributed by atoms with Gasteiger partial charge in [0.15, 0.2) is 0 Å². The van der Waals surface area contributed by atoms with Crippen LogP contribution in [0.15, 0.2) is 17.3 Å². The topological polar surface area (TPSA) is 58.6 Å². The molecule has 0 radical (unpaired) electrons. The Bertz CT molecular complexity index is 121. The average Bonchev–Trinajstić information content (AvgIpc) is 1.89. The molecule has 1 atom stereocenters. The molecule has 0 saturated carbocycles. The van der Waals surface area contributed by atoms with E-state index in [0.29, 0.717) is 6.42 Å². The number of aliphatic hydroxyl groups is 1. The highest BCUT2D eigenvalue weighted by atomic mass is 16.3. The summed E-state index contributed by atoms with van der Waals surface area (Å²) in [5, 5.41) is 8.48. The van der Waals surface area contributed by atoms with Gasteiger partial charge in [0.1, 0.15) is 0 Å². The van der Waals surface area contributed by atoms with Crippen LogP contribution in [0.3, 0.4) is 0 Å². The molecule has 0 aromatic carbocycles. The van der Waals surface area contributed by atoms with E-state index in [1.54, 1.807) is 12.3 Å². The maximum Gasteiger partial charge on any atom is 0.0493 e. The van der Waals surface area contributed by atoms with Gasteiger partial charge in [0.2, 0.25) is 0 Å². The summed E-state index contributed by atoms with van der Waals surface area (Å²) in [5.41, 5.74) is 5.07. The van der Waals surface area contributed by atoms with Crippen molar-refractivity contribution in [1.82, 2.24) is 0 Å². The molecule has 0 fully saturated rings. The normalized spacial score (nSPS) is 15.0. The molecule has 0 aromatic rings. The zero-order valence-corrected chi connectivity index (χ0v) is 6.20. The first-order valence-electron chi connectivity index (χ1n) is 3.32. The van der Waals surface area contributed by atoms with Crippen LogP contribution in [0.25, 0.3) is 0 Å². The van der Waals surface area contributed by atoms with Crippen LogP contribution in [0.1, 0.15) is 13.3 Å². The molecule has 0 aliphatic rings. The number of aliphatic imine (C=N–C) groups is 1. The van der Waals surface area contributed by atoms with Gasteiger partial charge >= 0.3 is 0 Å². The van der Waals surface area contributed by atoms with E-state index in [9.17, 15) is 0 Å². The van der Waals surface area contributed by atoms with E-state index >= 15 is 0 Å². The summed E-state index contributed by atoms with van der Waals surface area (Å²) in [6.07, 6.45) is 5.43. The average molecular weight is 142 g/mol. The Kier molecular flexibility index (Phi) is 5.77. The fourth-order valence-corrected chi connectivity index (χ4v) is 0.508. The van der Waals surface area contributed by atoms with Crippen molar-refractivity contribution < 1.29 is 5.11 Å². The van der Waals surface area contributed by atoms with E-state index in [-0.39, 0.29) is 12.6 Å². The minimum absolute atomic E-state index is 0.182. The number of nitrogens with two attached hydrogens (primary N) is 1. The van der Waals surface area contributed by atoms with Crippen molar-refractivity contribution in [2.75, 3.05) is 6.61 Å². The summed E-state index contributed by atoms with van der Waals surface area (Å²) in [6.45, 7) is 2.13. The zero-order chi connectivity index (χ0) is 7.82. The Morgan fingerprint density at radius 3 is 2.90 bits per heavy atom. The molecule has 58 valence electrons. The molecule has 10 heavy (non-hydrogen) atoms. The summed E-state index contributed by atoms with van der Waals surface area (Å²) < 4.78 is 0. The molecule has 3 heteroatoms. The first-order chi connectivity index (χ1) is 4.81. The van der Waals surface area contributed by atoms with Gasteiger partial charge in [-0.25, -0.2) is 0 Å². The van der Waals surface area contributed by atoms with Crippen LogP contribution in [0.5, 0.6) is 0 Å². The quantitative estimate of drug-likeness (QED) is 0.555. The number of aliphatic hydroxyl groups excluding tert-OH is 1. The van der Waals surface area contributed by atoms with Gasteiger partial charge in [-0.2, -0.15) is 0 Å². The molecule has 0 aliphatic heterocycles. The van der Waals surface area contributed by atoms with Crippen LogP contribution in [0.4, 0.5) is 0 Å². The second-order valence-electron chi connectivity index (χ2n) is 2.04. The van der Waals surface area contributed by atoms with Gasteiger partial charge in [-0.15, -0.1) is 0 Å². The van der Waals surface area contributed by atoms with Gasteiger partial charge in [0.05, 0.1) is 0 Å². The van der Waals surface area contributed by atoms with Crippen LogP contribution >= 0.6 is 0 Å². The van der Waals surface area contributed by atoms with Crippen LogP contribution < -0.4 is 5.73 Å². The lowest BCUT2D eigenvalue weighted by atomic mass is 10.3. The largest absolute Gasteiger partial charge is 0.405 e. The molecule has 0 heterocycles.